The largest absolute Gasteiger partial charge is 0.390 e. The Kier molecular flexibility index (Phi) is 8.66. The molecule has 1 atom stereocenters. The average molecular weight is 582 g/mol. The zero-order valence-corrected chi connectivity index (χ0v) is 22.9. The topological polar surface area (TPSA) is 120 Å². The summed E-state index contributed by atoms with van der Waals surface area (Å²) < 4.78 is 46.0. The number of halogens is 3. The van der Waals surface area contributed by atoms with Gasteiger partial charge in [0, 0.05) is 13.0 Å². The van der Waals surface area contributed by atoms with Crippen molar-refractivity contribution in [1.82, 2.24) is 14.5 Å². The van der Waals surface area contributed by atoms with Gasteiger partial charge in [-0.1, -0.05) is 30.3 Å². The fraction of sp³-hybridized carbons (Fsp3) is 0.481. The molecule has 4 rings (SSSR count). The molecular weight excluding hydrogens is 551 g/mol. The van der Waals surface area contributed by atoms with Crippen molar-refractivity contribution in [1.29, 1.82) is 0 Å². The van der Waals surface area contributed by atoms with E-state index in [1.807, 2.05) is 0 Å². The van der Waals surface area contributed by atoms with Crippen molar-refractivity contribution in [2.75, 3.05) is 13.1 Å². The van der Waals surface area contributed by atoms with E-state index in [2.05, 4.69) is 5.32 Å². The highest BCUT2D eigenvalue weighted by Gasteiger charge is 2.32. The third-order valence-electron chi connectivity index (χ3n) is 7.08. The van der Waals surface area contributed by atoms with Gasteiger partial charge in [0.1, 0.15) is 15.3 Å². The minimum atomic E-state index is -4.60. The zero-order chi connectivity index (χ0) is 29.2. The van der Waals surface area contributed by atoms with E-state index in [1.54, 1.807) is 30.3 Å². The second-order valence-electron chi connectivity index (χ2n) is 10.2. The van der Waals surface area contributed by atoms with Crippen LogP contribution in [0.5, 0.6) is 0 Å². The molecule has 2 aromatic heterocycles. The molecule has 0 amide bonds. The molecule has 3 aromatic rings. The van der Waals surface area contributed by atoms with Gasteiger partial charge in [0.15, 0.2) is 0 Å². The summed E-state index contributed by atoms with van der Waals surface area (Å²) in [6.07, 6.45) is -4.42. The number of ether oxygens (including phenoxy) is 1. The minimum absolute atomic E-state index is 0.0367. The smallest absolute Gasteiger partial charge is 0.389 e. The van der Waals surface area contributed by atoms with E-state index in [4.69, 9.17) is 4.74 Å². The number of hydrogen-bond acceptors (Lipinski definition) is 8. The van der Waals surface area contributed by atoms with Gasteiger partial charge in [-0.25, -0.2) is 9.59 Å². The lowest BCUT2D eigenvalue weighted by Crippen LogP contribution is -2.45. The monoisotopic (exact) mass is 581 g/mol. The number of nitrogens with zero attached hydrogens (tertiary/aromatic N) is 2. The first-order valence-corrected chi connectivity index (χ1v) is 13.7. The van der Waals surface area contributed by atoms with Gasteiger partial charge < -0.3 is 15.2 Å². The standard InChI is InChI=1S/C27H30F3N3O6S/c1-16-20-22(35)33(15-26(2,38)18-6-4-3-5-7-18)25(37)32(13-10-27(28,29)30)23(20)40-21(16)24(36)39-19(34)14-17-8-11-31-12-9-17/h3-7,17,31,38H,8-15H2,1-2H3. The van der Waals surface area contributed by atoms with E-state index < -0.39 is 54.5 Å². The highest BCUT2D eigenvalue weighted by atomic mass is 32.1. The van der Waals surface area contributed by atoms with E-state index in [0.717, 1.165) is 30.5 Å². The third-order valence-corrected chi connectivity index (χ3v) is 8.38. The molecule has 2 N–H and O–H groups in total. The Labute approximate surface area is 231 Å². The van der Waals surface area contributed by atoms with Crippen molar-refractivity contribution in [2.24, 2.45) is 5.92 Å². The summed E-state index contributed by atoms with van der Waals surface area (Å²) >= 11 is 0.632. The van der Waals surface area contributed by atoms with Crippen LogP contribution in [-0.4, -0.2) is 45.4 Å². The van der Waals surface area contributed by atoms with Gasteiger partial charge in [0.05, 0.1) is 18.4 Å². The second kappa shape index (κ2) is 11.7. The SMILES string of the molecule is Cc1c(C(=O)OC(=O)CC2CCNCC2)sc2c1c(=O)n(CC(C)(O)c1ccccc1)c(=O)n2CCC(F)(F)F. The molecule has 1 fully saturated rings. The number of alkyl halides is 3. The minimum Gasteiger partial charge on any atom is -0.389 e. The summed E-state index contributed by atoms with van der Waals surface area (Å²) in [5, 5.41) is 14.1. The molecule has 13 heteroatoms. The summed E-state index contributed by atoms with van der Waals surface area (Å²) in [4.78, 5) is 52.0. The van der Waals surface area contributed by atoms with Crippen LogP contribution in [0, 0.1) is 12.8 Å². The summed E-state index contributed by atoms with van der Waals surface area (Å²) in [6, 6.07) is 8.22. The molecule has 1 aliphatic heterocycles. The van der Waals surface area contributed by atoms with Gasteiger partial charge in [0.25, 0.3) is 5.56 Å². The van der Waals surface area contributed by atoms with E-state index in [9.17, 15) is 37.5 Å². The summed E-state index contributed by atoms with van der Waals surface area (Å²) in [6.45, 7) is 2.94. The second-order valence-corrected chi connectivity index (χ2v) is 11.2. The Balaban J connectivity index is 1.75. The van der Waals surface area contributed by atoms with E-state index >= 15 is 0 Å². The summed E-state index contributed by atoms with van der Waals surface area (Å²) in [7, 11) is 0. The van der Waals surface area contributed by atoms with Gasteiger partial charge in [0.2, 0.25) is 0 Å². The number of esters is 2. The number of carbonyl (C=O) groups excluding carboxylic acids is 2. The first kappa shape index (κ1) is 29.7. The molecule has 1 saturated heterocycles. The highest BCUT2D eigenvalue weighted by Crippen LogP contribution is 2.31. The van der Waals surface area contributed by atoms with Crippen LogP contribution in [0.15, 0.2) is 39.9 Å². The lowest BCUT2D eigenvalue weighted by molar-refractivity contribution is -0.139. The maximum atomic E-state index is 13.6. The number of benzene rings is 1. The maximum Gasteiger partial charge on any atom is 0.390 e. The molecule has 9 nitrogen and oxygen atoms in total. The van der Waals surface area contributed by atoms with E-state index in [1.165, 1.54) is 13.8 Å². The van der Waals surface area contributed by atoms with Crippen LogP contribution in [-0.2, 0) is 28.2 Å². The van der Waals surface area contributed by atoms with Crippen LogP contribution in [0.3, 0.4) is 0 Å². The molecule has 0 aliphatic carbocycles. The van der Waals surface area contributed by atoms with Crippen molar-refractivity contribution < 1.29 is 32.6 Å². The number of thiophene rings is 1. The number of nitrogens with one attached hydrogen (secondary N) is 1. The van der Waals surface area contributed by atoms with E-state index in [0.29, 0.717) is 21.5 Å². The van der Waals surface area contributed by atoms with Crippen molar-refractivity contribution >= 4 is 33.5 Å². The summed E-state index contributed by atoms with van der Waals surface area (Å²) in [5.74, 6) is -1.71. The number of fused-ring (bicyclic) bond motifs is 1. The van der Waals surface area contributed by atoms with Crippen molar-refractivity contribution in [3.8, 4) is 0 Å². The molecular formula is C27H30F3N3O6S. The van der Waals surface area contributed by atoms with Gasteiger partial charge in [-0.3, -0.25) is 18.7 Å². The quantitative estimate of drug-likeness (QED) is 0.309. The molecule has 0 spiro atoms. The molecule has 1 aromatic carbocycles. The van der Waals surface area contributed by atoms with E-state index in [-0.39, 0.29) is 33.0 Å². The predicted molar refractivity (Wildman–Crippen MR) is 142 cm³/mol. The fourth-order valence-electron chi connectivity index (χ4n) is 4.87. The van der Waals surface area contributed by atoms with Crippen molar-refractivity contribution in [3.05, 3.63) is 67.2 Å². The number of carbonyl (C=O) groups is 2. The van der Waals surface area contributed by atoms with Crippen LogP contribution in [0.4, 0.5) is 13.2 Å². The lowest BCUT2D eigenvalue weighted by Gasteiger charge is -2.25. The first-order chi connectivity index (χ1) is 18.8. The Hall–Kier alpha value is -3.29. The van der Waals surface area contributed by atoms with Crippen molar-refractivity contribution in [3.63, 3.8) is 0 Å². The molecule has 0 saturated carbocycles. The number of piperidine rings is 1. The highest BCUT2D eigenvalue weighted by molar-refractivity contribution is 7.20. The van der Waals surface area contributed by atoms with Gasteiger partial charge in [-0.2, -0.15) is 13.2 Å². The zero-order valence-electron chi connectivity index (χ0n) is 22.0. The van der Waals surface area contributed by atoms with Gasteiger partial charge in [-0.05, 0) is 56.8 Å². The molecule has 1 aliphatic rings. The molecule has 40 heavy (non-hydrogen) atoms. The number of rotatable bonds is 8. The molecule has 3 heterocycles. The number of aliphatic hydroxyl groups is 1. The Bertz CT molecular complexity index is 1520. The van der Waals surface area contributed by atoms with Crippen LogP contribution < -0.4 is 16.6 Å². The average Bonchev–Trinajstić information content (AvgIpc) is 3.24. The van der Waals surface area contributed by atoms with Gasteiger partial charge in [-0.15, -0.1) is 11.3 Å². The molecule has 1 unspecified atom stereocenters. The number of aryl methyl sites for hydroxylation is 2. The summed E-state index contributed by atoms with van der Waals surface area (Å²) in [5.41, 5.74) is -3.17. The van der Waals surface area contributed by atoms with Crippen LogP contribution in [0.1, 0.15) is 53.4 Å². The molecule has 0 radical (unpaired) electrons. The molecule has 0 bridgehead atoms. The lowest BCUT2D eigenvalue weighted by atomic mass is 9.95. The van der Waals surface area contributed by atoms with Crippen molar-refractivity contribution in [2.45, 2.75) is 64.4 Å². The number of hydrogen-bond donors (Lipinski definition) is 2. The fourth-order valence-corrected chi connectivity index (χ4v) is 6.07. The maximum absolute atomic E-state index is 13.6. The first-order valence-electron chi connectivity index (χ1n) is 12.9. The Morgan fingerprint density at radius 2 is 1.77 bits per heavy atom. The van der Waals surface area contributed by atoms with Crippen LogP contribution >= 0.6 is 11.3 Å². The molecule has 216 valence electrons. The Morgan fingerprint density at radius 3 is 2.40 bits per heavy atom. The predicted octanol–water partition coefficient (Wildman–Crippen LogP) is 3.47. The normalized spacial score (nSPS) is 16.1. The third kappa shape index (κ3) is 6.53. The van der Waals surface area contributed by atoms with Gasteiger partial charge >= 0.3 is 23.8 Å². The van der Waals surface area contributed by atoms with Crippen LogP contribution in [0.2, 0.25) is 0 Å². The number of aromatic nitrogens is 2. The van der Waals surface area contributed by atoms with Crippen LogP contribution in [0.25, 0.3) is 10.2 Å². The Morgan fingerprint density at radius 1 is 1.12 bits per heavy atom.